The lowest BCUT2D eigenvalue weighted by atomic mass is 10.2. The molecule has 1 heterocycles. The van der Waals surface area contributed by atoms with Crippen LogP contribution in [0.15, 0.2) is 29.2 Å². The van der Waals surface area contributed by atoms with Gasteiger partial charge in [0.15, 0.2) is 0 Å². The van der Waals surface area contributed by atoms with Crippen molar-refractivity contribution >= 4 is 21.7 Å². The Hall–Kier alpha value is -1.60. The average molecular weight is 298 g/mol. The second-order valence-electron chi connectivity index (χ2n) is 4.68. The minimum atomic E-state index is -3.47. The highest BCUT2D eigenvalue weighted by atomic mass is 32.2. The summed E-state index contributed by atoms with van der Waals surface area (Å²) in [7, 11) is -3.47. The molecule has 0 saturated carbocycles. The summed E-state index contributed by atoms with van der Waals surface area (Å²) in [4.78, 5) is 13.1. The topological polar surface area (TPSA) is 86.7 Å². The Kier molecular flexibility index (Phi) is 4.29. The van der Waals surface area contributed by atoms with Gasteiger partial charge in [0.25, 0.3) is 0 Å². The first-order valence-electron chi connectivity index (χ1n) is 6.55. The predicted octanol–water partition coefficient (Wildman–Crippen LogP) is 1.04. The normalized spacial score (nSPS) is 19.2. The number of rotatable bonds is 5. The van der Waals surface area contributed by atoms with Gasteiger partial charge in [0, 0.05) is 18.8 Å². The van der Waals surface area contributed by atoms with E-state index >= 15 is 0 Å². The molecule has 20 heavy (non-hydrogen) atoms. The van der Waals surface area contributed by atoms with E-state index in [0.29, 0.717) is 19.5 Å². The van der Waals surface area contributed by atoms with E-state index in [4.69, 9.17) is 5.11 Å². The molecule has 1 aromatic carbocycles. The number of hydrogen-bond acceptors (Lipinski definition) is 4. The van der Waals surface area contributed by atoms with Crippen molar-refractivity contribution in [2.45, 2.75) is 30.7 Å². The fraction of sp³-hybridized carbons (Fsp3) is 0.462. The molecule has 110 valence electrons. The van der Waals surface area contributed by atoms with Crippen LogP contribution in [-0.2, 0) is 14.8 Å². The van der Waals surface area contributed by atoms with Crippen LogP contribution in [-0.4, -0.2) is 38.6 Å². The molecule has 0 aromatic heterocycles. The number of aliphatic carboxylic acids is 1. The van der Waals surface area contributed by atoms with Crippen LogP contribution >= 0.6 is 0 Å². The number of benzene rings is 1. The van der Waals surface area contributed by atoms with Crippen LogP contribution in [0.2, 0.25) is 0 Å². The smallest absolute Gasteiger partial charge is 0.326 e. The molecule has 1 atom stereocenters. The molecule has 1 unspecified atom stereocenters. The van der Waals surface area contributed by atoms with E-state index < -0.39 is 22.0 Å². The van der Waals surface area contributed by atoms with Crippen molar-refractivity contribution in [2.24, 2.45) is 0 Å². The Morgan fingerprint density at radius 2 is 2.05 bits per heavy atom. The number of nitrogens with one attached hydrogen (secondary N) is 1. The minimum Gasteiger partial charge on any atom is -0.480 e. The SMILES string of the molecule is CCNS(=O)(=O)c1ccc(N2CCCC2C(=O)O)cc1. The monoisotopic (exact) mass is 298 g/mol. The molecule has 1 fully saturated rings. The first-order chi connectivity index (χ1) is 9.45. The molecule has 0 radical (unpaired) electrons. The summed E-state index contributed by atoms with van der Waals surface area (Å²) < 4.78 is 26.1. The molecule has 2 N–H and O–H groups in total. The van der Waals surface area contributed by atoms with Crippen molar-refractivity contribution in [3.8, 4) is 0 Å². The Morgan fingerprint density at radius 1 is 1.40 bits per heavy atom. The third-order valence-corrected chi connectivity index (χ3v) is 4.91. The van der Waals surface area contributed by atoms with E-state index in [0.717, 1.165) is 12.1 Å². The molecule has 0 bridgehead atoms. The van der Waals surface area contributed by atoms with Crippen LogP contribution in [0.5, 0.6) is 0 Å². The van der Waals surface area contributed by atoms with E-state index in [2.05, 4.69) is 4.72 Å². The zero-order valence-corrected chi connectivity index (χ0v) is 12.1. The average Bonchev–Trinajstić information content (AvgIpc) is 2.88. The molecule has 0 amide bonds. The molecule has 1 aromatic rings. The molecule has 1 aliphatic heterocycles. The van der Waals surface area contributed by atoms with Gasteiger partial charge in [0.05, 0.1) is 4.90 Å². The van der Waals surface area contributed by atoms with Gasteiger partial charge in [-0.15, -0.1) is 0 Å². The van der Waals surface area contributed by atoms with Gasteiger partial charge in [0.1, 0.15) is 6.04 Å². The zero-order valence-electron chi connectivity index (χ0n) is 11.2. The third-order valence-electron chi connectivity index (χ3n) is 3.35. The number of nitrogens with zero attached hydrogens (tertiary/aromatic N) is 1. The summed E-state index contributed by atoms with van der Waals surface area (Å²) in [6, 6.07) is 5.80. The predicted molar refractivity (Wildman–Crippen MR) is 75.3 cm³/mol. The number of carbonyl (C=O) groups is 1. The number of carboxylic acid groups (broad SMARTS) is 1. The maximum Gasteiger partial charge on any atom is 0.326 e. The van der Waals surface area contributed by atoms with Crippen LogP contribution in [0.4, 0.5) is 5.69 Å². The maximum absolute atomic E-state index is 11.8. The van der Waals surface area contributed by atoms with E-state index in [9.17, 15) is 13.2 Å². The molecule has 0 aliphatic carbocycles. The molecular weight excluding hydrogens is 280 g/mol. The number of anilines is 1. The molecular formula is C13H18N2O4S. The van der Waals surface area contributed by atoms with Gasteiger partial charge in [-0.05, 0) is 37.1 Å². The fourth-order valence-corrected chi connectivity index (χ4v) is 3.46. The van der Waals surface area contributed by atoms with Gasteiger partial charge < -0.3 is 10.0 Å². The van der Waals surface area contributed by atoms with Crippen molar-refractivity contribution in [3.63, 3.8) is 0 Å². The standard InChI is InChI=1S/C13H18N2O4S/c1-2-14-20(18,19)11-7-5-10(6-8-11)15-9-3-4-12(15)13(16)17/h5-8,12,14H,2-4,9H2,1H3,(H,16,17). The van der Waals surface area contributed by atoms with Crippen molar-refractivity contribution in [1.29, 1.82) is 0 Å². The Balaban J connectivity index is 2.22. The lowest BCUT2D eigenvalue weighted by molar-refractivity contribution is -0.138. The highest BCUT2D eigenvalue weighted by Crippen LogP contribution is 2.26. The van der Waals surface area contributed by atoms with Gasteiger partial charge in [-0.2, -0.15) is 0 Å². The zero-order chi connectivity index (χ0) is 14.8. The highest BCUT2D eigenvalue weighted by Gasteiger charge is 2.30. The number of sulfonamides is 1. The Labute approximate surface area is 118 Å². The molecule has 7 heteroatoms. The lowest BCUT2D eigenvalue weighted by Gasteiger charge is -2.23. The summed E-state index contributed by atoms with van der Waals surface area (Å²) in [6.07, 6.45) is 1.45. The summed E-state index contributed by atoms with van der Waals surface area (Å²) >= 11 is 0. The summed E-state index contributed by atoms with van der Waals surface area (Å²) in [5.41, 5.74) is 0.741. The van der Waals surface area contributed by atoms with Crippen LogP contribution in [0, 0.1) is 0 Å². The first kappa shape index (κ1) is 14.8. The van der Waals surface area contributed by atoms with E-state index in [1.165, 1.54) is 12.1 Å². The van der Waals surface area contributed by atoms with Crippen molar-refractivity contribution in [2.75, 3.05) is 18.0 Å². The molecule has 2 rings (SSSR count). The molecule has 1 aliphatic rings. The summed E-state index contributed by atoms with van der Waals surface area (Å²) in [6.45, 7) is 2.72. The van der Waals surface area contributed by atoms with E-state index in [1.807, 2.05) is 0 Å². The largest absolute Gasteiger partial charge is 0.480 e. The summed E-state index contributed by atoms with van der Waals surface area (Å²) in [5, 5.41) is 9.15. The van der Waals surface area contributed by atoms with Crippen molar-refractivity contribution < 1.29 is 18.3 Å². The van der Waals surface area contributed by atoms with Crippen LogP contribution in [0.1, 0.15) is 19.8 Å². The highest BCUT2D eigenvalue weighted by molar-refractivity contribution is 7.89. The number of carboxylic acids is 1. The first-order valence-corrected chi connectivity index (χ1v) is 8.03. The van der Waals surface area contributed by atoms with Crippen molar-refractivity contribution in [3.05, 3.63) is 24.3 Å². The fourth-order valence-electron chi connectivity index (χ4n) is 2.42. The van der Waals surface area contributed by atoms with Gasteiger partial charge in [-0.1, -0.05) is 6.92 Å². The molecule has 1 saturated heterocycles. The van der Waals surface area contributed by atoms with Gasteiger partial charge >= 0.3 is 5.97 Å². The van der Waals surface area contributed by atoms with Gasteiger partial charge in [-0.3, -0.25) is 0 Å². The lowest BCUT2D eigenvalue weighted by Crippen LogP contribution is -2.35. The molecule has 6 nitrogen and oxygen atoms in total. The van der Waals surface area contributed by atoms with Crippen LogP contribution < -0.4 is 9.62 Å². The number of hydrogen-bond donors (Lipinski definition) is 2. The second-order valence-corrected chi connectivity index (χ2v) is 6.45. The molecule has 0 spiro atoms. The quantitative estimate of drug-likeness (QED) is 0.848. The third kappa shape index (κ3) is 2.94. The van der Waals surface area contributed by atoms with E-state index in [1.54, 1.807) is 24.0 Å². The Bertz CT molecular complexity index is 583. The van der Waals surface area contributed by atoms with Crippen LogP contribution in [0.3, 0.4) is 0 Å². The Morgan fingerprint density at radius 3 is 2.60 bits per heavy atom. The van der Waals surface area contributed by atoms with Crippen molar-refractivity contribution in [1.82, 2.24) is 4.72 Å². The minimum absolute atomic E-state index is 0.189. The van der Waals surface area contributed by atoms with Gasteiger partial charge in [-0.25, -0.2) is 17.9 Å². The van der Waals surface area contributed by atoms with Gasteiger partial charge in [0.2, 0.25) is 10.0 Å². The summed E-state index contributed by atoms with van der Waals surface area (Å²) in [5.74, 6) is -0.841. The second kappa shape index (κ2) is 5.80. The van der Waals surface area contributed by atoms with Crippen LogP contribution in [0.25, 0.3) is 0 Å². The maximum atomic E-state index is 11.8. The van der Waals surface area contributed by atoms with E-state index in [-0.39, 0.29) is 4.90 Å².